The van der Waals surface area contributed by atoms with Crippen LogP contribution in [0.25, 0.3) is 0 Å². The van der Waals surface area contributed by atoms with Gasteiger partial charge in [-0.2, -0.15) is 0 Å². The zero-order valence-corrected chi connectivity index (χ0v) is 10.9. The number of amides is 1. The van der Waals surface area contributed by atoms with E-state index in [1.54, 1.807) is 0 Å². The van der Waals surface area contributed by atoms with E-state index in [1.807, 2.05) is 0 Å². The van der Waals surface area contributed by atoms with E-state index < -0.39 is 0 Å². The lowest BCUT2D eigenvalue weighted by Gasteiger charge is -2.30. The number of nitrogens with one attached hydrogen (secondary N) is 1. The number of carbonyl (C=O) groups excluding carboxylic acids is 1. The first-order valence-corrected chi connectivity index (χ1v) is 6.43. The highest BCUT2D eigenvalue weighted by atomic mass is 35.5. The van der Waals surface area contributed by atoms with Crippen LogP contribution >= 0.6 is 12.4 Å². The molecule has 3 rings (SSSR count). The zero-order valence-electron chi connectivity index (χ0n) is 10.1. The van der Waals surface area contributed by atoms with Gasteiger partial charge in [-0.15, -0.1) is 12.4 Å². The number of nitrogens with zero attached hydrogens (tertiary/aromatic N) is 1. The third-order valence-corrected chi connectivity index (χ3v) is 4.15. The Balaban J connectivity index is 0.00000108. The Morgan fingerprint density at radius 1 is 1.41 bits per heavy atom. The Labute approximate surface area is 108 Å². The van der Waals surface area contributed by atoms with Gasteiger partial charge in [-0.25, -0.2) is 0 Å². The maximum Gasteiger partial charge on any atom is 0.224 e. The van der Waals surface area contributed by atoms with Crippen molar-refractivity contribution in [2.75, 3.05) is 26.3 Å². The molecule has 98 valence electrons. The molecule has 1 N–H and O–H groups in total. The van der Waals surface area contributed by atoms with Crippen molar-refractivity contribution in [2.24, 2.45) is 5.92 Å². The van der Waals surface area contributed by atoms with Gasteiger partial charge in [0.15, 0.2) is 0 Å². The summed E-state index contributed by atoms with van der Waals surface area (Å²) in [7, 11) is 0. The van der Waals surface area contributed by atoms with Crippen LogP contribution in [0.4, 0.5) is 0 Å². The van der Waals surface area contributed by atoms with E-state index in [0.717, 1.165) is 25.6 Å². The Hall–Kier alpha value is -0.320. The first-order chi connectivity index (χ1) is 7.83. The maximum atomic E-state index is 12.1. The van der Waals surface area contributed by atoms with Gasteiger partial charge in [0, 0.05) is 31.6 Å². The molecule has 0 spiro atoms. The van der Waals surface area contributed by atoms with Crippen molar-refractivity contribution in [3.05, 3.63) is 0 Å². The van der Waals surface area contributed by atoms with E-state index in [-0.39, 0.29) is 18.4 Å². The Kier molecular flexibility index (Phi) is 4.28. The van der Waals surface area contributed by atoms with Crippen molar-refractivity contribution in [2.45, 2.75) is 37.8 Å². The van der Waals surface area contributed by atoms with Gasteiger partial charge < -0.3 is 15.0 Å². The van der Waals surface area contributed by atoms with Gasteiger partial charge in [0.2, 0.25) is 5.91 Å². The normalized spacial score (nSPS) is 35.8. The van der Waals surface area contributed by atoms with Crippen molar-refractivity contribution >= 4 is 18.3 Å². The topological polar surface area (TPSA) is 41.6 Å². The molecule has 1 amide bonds. The summed E-state index contributed by atoms with van der Waals surface area (Å²) >= 11 is 0. The van der Waals surface area contributed by atoms with Crippen molar-refractivity contribution in [1.82, 2.24) is 10.2 Å². The number of hydrogen-bond acceptors (Lipinski definition) is 3. The molecule has 4 nitrogen and oxygen atoms in total. The summed E-state index contributed by atoms with van der Waals surface area (Å²) in [6.07, 6.45) is 4.42. The summed E-state index contributed by atoms with van der Waals surface area (Å²) in [5.41, 5.74) is 0. The van der Waals surface area contributed by atoms with Crippen LogP contribution in [0.2, 0.25) is 0 Å². The fourth-order valence-electron chi connectivity index (χ4n) is 3.31. The quantitative estimate of drug-likeness (QED) is 0.799. The number of fused-ring (bicyclic) bond motifs is 2. The molecule has 2 saturated heterocycles. The predicted octanol–water partition coefficient (Wildman–Crippen LogP) is 0.798. The van der Waals surface area contributed by atoms with Crippen LogP contribution in [-0.2, 0) is 9.53 Å². The lowest BCUT2D eigenvalue weighted by molar-refractivity contribution is -0.134. The monoisotopic (exact) mass is 260 g/mol. The molecule has 0 radical (unpaired) electrons. The maximum absolute atomic E-state index is 12.1. The molecule has 0 aromatic heterocycles. The minimum atomic E-state index is 0. The molecule has 3 aliphatic rings. The van der Waals surface area contributed by atoms with Crippen molar-refractivity contribution in [1.29, 1.82) is 0 Å². The fraction of sp³-hybridized carbons (Fsp3) is 0.917. The van der Waals surface area contributed by atoms with Crippen LogP contribution in [-0.4, -0.2) is 49.2 Å². The molecule has 2 heterocycles. The first-order valence-electron chi connectivity index (χ1n) is 6.43. The summed E-state index contributed by atoms with van der Waals surface area (Å²) in [6, 6.07) is 0.794. The van der Waals surface area contributed by atoms with Crippen LogP contribution in [0.5, 0.6) is 0 Å². The van der Waals surface area contributed by atoms with Crippen LogP contribution < -0.4 is 5.32 Å². The molecule has 0 aromatic rings. The number of halogens is 1. The van der Waals surface area contributed by atoms with Gasteiger partial charge in [0.25, 0.3) is 0 Å². The van der Waals surface area contributed by atoms with Gasteiger partial charge in [-0.1, -0.05) is 0 Å². The van der Waals surface area contributed by atoms with E-state index in [1.165, 1.54) is 19.3 Å². The van der Waals surface area contributed by atoms with Crippen molar-refractivity contribution in [3.63, 3.8) is 0 Å². The largest absolute Gasteiger partial charge is 0.378 e. The number of morpholine rings is 1. The molecule has 0 aromatic carbocycles. The predicted molar refractivity (Wildman–Crippen MR) is 67.3 cm³/mol. The number of rotatable bonds is 2. The highest BCUT2D eigenvalue weighted by Gasteiger charge is 2.40. The number of hydrogen-bond donors (Lipinski definition) is 1. The van der Waals surface area contributed by atoms with Gasteiger partial charge in [0.05, 0.1) is 13.2 Å². The molecule has 17 heavy (non-hydrogen) atoms. The van der Waals surface area contributed by atoms with E-state index in [2.05, 4.69) is 10.2 Å². The lowest BCUT2D eigenvalue weighted by Crippen LogP contribution is -2.46. The third-order valence-electron chi connectivity index (χ3n) is 4.15. The van der Waals surface area contributed by atoms with Gasteiger partial charge >= 0.3 is 0 Å². The summed E-state index contributed by atoms with van der Waals surface area (Å²) in [5.74, 6) is 1.12. The first kappa shape index (κ1) is 13.1. The van der Waals surface area contributed by atoms with E-state index in [9.17, 15) is 4.79 Å². The molecule has 3 unspecified atom stereocenters. The number of likely N-dealkylation sites (tertiary alicyclic amines) is 1. The molecular formula is C12H21ClN2O2. The summed E-state index contributed by atoms with van der Waals surface area (Å²) in [4.78, 5) is 14.2. The molecule has 5 heteroatoms. The van der Waals surface area contributed by atoms with E-state index in [0.29, 0.717) is 25.0 Å². The molecule has 1 saturated carbocycles. The second-order valence-corrected chi connectivity index (χ2v) is 5.31. The van der Waals surface area contributed by atoms with Crippen LogP contribution in [0.1, 0.15) is 25.7 Å². The standard InChI is InChI=1S/C12H20N2O2.ClH/c15-12(6-10-8-16-4-3-13-10)14-7-9-1-2-11(14)5-9;/h9-11,13H,1-8H2;1H. The van der Waals surface area contributed by atoms with Crippen LogP contribution in [0.15, 0.2) is 0 Å². The average molecular weight is 261 g/mol. The number of ether oxygens (including phenoxy) is 1. The minimum absolute atomic E-state index is 0. The summed E-state index contributed by atoms with van der Waals surface area (Å²) < 4.78 is 5.37. The van der Waals surface area contributed by atoms with Gasteiger partial charge in [-0.3, -0.25) is 4.79 Å². The van der Waals surface area contributed by atoms with Crippen LogP contribution in [0.3, 0.4) is 0 Å². The Morgan fingerprint density at radius 3 is 2.88 bits per heavy atom. The minimum Gasteiger partial charge on any atom is -0.378 e. The highest BCUT2D eigenvalue weighted by molar-refractivity contribution is 5.85. The Bertz CT molecular complexity index is 282. The molecule has 3 atom stereocenters. The summed E-state index contributed by atoms with van der Waals surface area (Å²) in [6.45, 7) is 3.36. The van der Waals surface area contributed by atoms with E-state index in [4.69, 9.17) is 4.74 Å². The van der Waals surface area contributed by atoms with Crippen molar-refractivity contribution < 1.29 is 9.53 Å². The smallest absolute Gasteiger partial charge is 0.224 e. The van der Waals surface area contributed by atoms with Gasteiger partial charge in [0.1, 0.15) is 0 Å². The fourth-order valence-corrected chi connectivity index (χ4v) is 3.31. The average Bonchev–Trinajstić information content (AvgIpc) is 2.92. The second kappa shape index (κ2) is 5.55. The third kappa shape index (κ3) is 2.75. The molecule has 3 fully saturated rings. The number of piperidine rings is 1. The Morgan fingerprint density at radius 2 is 2.29 bits per heavy atom. The SMILES string of the molecule is Cl.O=C(CC1COCCN1)N1CC2CCC1C2. The summed E-state index contributed by atoms with van der Waals surface area (Å²) in [5, 5.41) is 3.35. The molecule has 1 aliphatic carbocycles. The zero-order chi connectivity index (χ0) is 11.0. The van der Waals surface area contributed by atoms with Crippen LogP contribution in [0, 0.1) is 5.92 Å². The van der Waals surface area contributed by atoms with Crippen molar-refractivity contribution in [3.8, 4) is 0 Å². The highest BCUT2D eigenvalue weighted by Crippen LogP contribution is 2.37. The van der Waals surface area contributed by atoms with Gasteiger partial charge in [-0.05, 0) is 25.2 Å². The molecule has 2 aliphatic heterocycles. The lowest BCUT2D eigenvalue weighted by atomic mass is 10.1. The second-order valence-electron chi connectivity index (χ2n) is 5.31. The molecular weight excluding hydrogens is 240 g/mol. The number of carbonyl (C=O) groups is 1. The molecule has 2 bridgehead atoms. The van der Waals surface area contributed by atoms with E-state index >= 15 is 0 Å².